The molecule has 2 rings (SSSR count). The molecule has 0 aromatic carbocycles. The Kier molecular flexibility index (Phi) is 8.38. The minimum absolute atomic E-state index is 0.0774. The number of β-lactam (4-membered cyclic amide) rings is 1. The smallest absolute Gasteiger partial charge is 0.362 e. The summed E-state index contributed by atoms with van der Waals surface area (Å²) in [4.78, 5) is 51.4. The van der Waals surface area contributed by atoms with E-state index < -0.39 is 77.2 Å². The second-order valence-electron chi connectivity index (χ2n) is 6.04. The zero-order chi connectivity index (χ0) is 24.1. The number of oxime groups is 1. The van der Waals surface area contributed by atoms with Gasteiger partial charge in [0.1, 0.15) is 24.2 Å². The number of nitrogens with zero attached hydrogens (tertiary/aromatic N) is 2. The summed E-state index contributed by atoms with van der Waals surface area (Å²) in [5.74, 6) is -4.36. The molecule has 2 aliphatic rings. The molecule has 178 valence electrons. The number of carbonyl (C=O) groups is 4. The van der Waals surface area contributed by atoms with Crippen LogP contribution in [0.4, 0.5) is 0 Å². The average Bonchev–Trinajstić information content (AvgIpc) is 3.12. The van der Waals surface area contributed by atoms with Crippen LogP contribution in [0.15, 0.2) is 16.3 Å². The number of aliphatic carboxylic acids is 1. The lowest BCUT2D eigenvalue weighted by Crippen LogP contribution is -2.73. The van der Waals surface area contributed by atoms with Crippen LogP contribution in [-0.4, -0.2) is 96.4 Å². The normalized spacial score (nSPS) is 23.0. The van der Waals surface area contributed by atoms with Crippen molar-refractivity contribution in [2.24, 2.45) is 10.9 Å². The molecule has 0 aromatic rings. The van der Waals surface area contributed by atoms with Crippen LogP contribution in [-0.2, 0) is 43.8 Å². The fourth-order valence-electron chi connectivity index (χ4n) is 2.49. The molecule has 0 aliphatic carbocycles. The Morgan fingerprint density at radius 2 is 2.06 bits per heavy atom. The number of carboxylic acids is 1. The quantitative estimate of drug-likeness (QED) is 0.0614. The van der Waals surface area contributed by atoms with Gasteiger partial charge in [-0.2, -0.15) is 8.42 Å². The van der Waals surface area contributed by atoms with Crippen molar-refractivity contribution in [3.8, 4) is 0 Å². The average molecular weight is 497 g/mol. The van der Waals surface area contributed by atoms with E-state index in [1.54, 1.807) is 0 Å². The Hall–Kier alpha value is -2.93. The first-order valence-corrected chi connectivity index (χ1v) is 10.8. The first kappa shape index (κ1) is 25.3. The molecule has 16 nitrogen and oxygen atoms in total. The number of hydrogen-bond acceptors (Lipinski definition) is 13. The maximum atomic E-state index is 12.7. The van der Waals surface area contributed by atoms with Gasteiger partial charge in [0, 0.05) is 6.20 Å². The van der Waals surface area contributed by atoms with Gasteiger partial charge in [-0.05, 0) is 0 Å². The number of amides is 2. The van der Waals surface area contributed by atoms with E-state index >= 15 is 0 Å². The van der Waals surface area contributed by atoms with Crippen molar-refractivity contribution in [1.82, 2.24) is 14.9 Å². The van der Waals surface area contributed by atoms with Gasteiger partial charge in [-0.1, -0.05) is 16.9 Å². The molecular weight excluding hydrogens is 478 g/mol. The largest absolute Gasteiger partial charge is 0.479 e. The van der Waals surface area contributed by atoms with Gasteiger partial charge >= 0.3 is 22.2 Å². The Morgan fingerprint density at radius 1 is 1.38 bits per heavy atom. The van der Waals surface area contributed by atoms with Crippen LogP contribution in [0.2, 0.25) is 0 Å². The van der Waals surface area contributed by atoms with Crippen molar-refractivity contribution in [2.75, 3.05) is 26.9 Å². The van der Waals surface area contributed by atoms with Gasteiger partial charge in [0.25, 0.3) is 11.8 Å². The van der Waals surface area contributed by atoms with Gasteiger partial charge in [-0.15, -0.1) is 0 Å². The number of carboxylic acid groups (broad SMARTS) is 1. The Labute approximate surface area is 184 Å². The first-order valence-electron chi connectivity index (χ1n) is 8.52. The fourth-order valence-corrected chi connectivity index (χ4v) is 4.15. The van der Waals surface area contributed by atoms with Gasteiger partial charge in [0.15, 0.2) is 5.71 Å². The molecule has 6 N–H and O–H groups in total. The SMILES string of the molecule is COC(=O)COC[C@H]1[C@H](NC(=O)/C(=N\OCC(=O)O)C2=CNC(N)S2)C(=O)N1S(=O)(=O)O. The summed E-state index contributed by atoms with van der Waals surface area (Å²) in [5, 5.41) is 17.0. The molecule has 32 heavy (non-hydrogen) atoms. The molecule has 2 aliphatic heterocycles. The third-order valence-electron chi connectivity index (χ3n) is 3.87. The van der Waals surface area contributed by atoms with Crippen LogP contribution in [0.5, 0.6) is 0 Å². The van der Waals surface area contributed by atoms with E-state index in [0.29, 0.717) is 0 Å². The van der Waals surface area contributed by atoms with Crippen molar-refractivity contribution >= 4 is 51.5 Å². The third kappa shape index (κ3) is 6.29. The summed E-state index contributed by atoms with van der Waals surface area (Å²) >= 11 is 0.941. The van der Waals surface area contributed by atoms with Crippen molar-refractivity contribution in [2.45, 2.75) is 17.6 Å². The highest BCUT2D eigenvalue weighted by atomic mass is 32.2. The molecule has 0 aromatic heterocycles. The maximum Gasteiger partial charge on any atom is 0.362 e. The predicted molar refractivity (Wildman–Crippen MR) is 105 cm³/mol. The molecule has 2 amide bonds. The van der Waals surface area contributed by atoms with E-state index in [2.05, 4.69) is 25.4 Å². The van der Waals surface area contributed by atoms with E-state index in [1.165, 1.54) is 6.20 Å². The summed E-state index contributed by atoms with van der Waals surface area (Å²) in [6, 6.07) is -2.88. The summed E-state index contributed by atoms with van der Waals surface area (Å²) in [7, 11) is -3.89. The topological polar surface area (TPSA) is 236 Å². The minimum atomic E-state index is -4.98. The Bertz CT molecular complexity index is 951. The van der Waals surface area contributed by atoms with Crippen LogP contribution < -0.4 is 16.4 Å². The second kappa shape index (κ2) is 10.6. The number of hydrogen-bond donors (Lipinski definition) is 5. The van der Waals surface area contributed by atoms with Gasteiger partial charge in [-0.25, -0.2) is 13.9 Å². The van der Waals surface area contributed by atoms with Crippen LogP contribution >= 0.6 is 11.8 Å². The third-order valence-corrected chi connectivity index (χ3v) is 5.77. The number of methoxy groups -OCH3 is 1. The molecule has 18 heteroatoms. The Morgan fingerprint density at radius 3 is 2.59 bits per heavy atom. The summed E-state index contributed by atoms with van der Waals surface area (Å²) in [6.45, 7) is -2.00. The van der Waals surface area contributed by atoms with Crippen LogP contribution in [0.3, 0.4) is 0 Å². The van der Waals surface area contributed by atoms with E-state index in [4.69, 9.17) is 15.6 Å². The molecule has 2 heterocycles. The van der Waals surface area contributed by atoms with E-state index in [9.17, 15) is 32.1 Å². The van der Waals surface area contributed by atoms with Gasteiger partial charge < -0.3 is 35.8 Å². The zero-order valence-corrected chi connectivity index (χ0v) is 17.9. The van der Waals surface area contributed by atoms with Gasteiger partial charge in [0.05, 0.1) is 18.6 Å². The van der Waals surface area contributed by atoms with Gasteiger partial charge in [-0.3, -0.25) is 14.1 Å². The molecule has 0 spiro atoms. The molecular formula is C14H19N5O11S2. The summed E-state index contributed by atoms with van der Waals surface area (Å²) in [5.41, 5.74) is 4.57. The molecule has 0 radical (unpaired) electrons. The molecule has 0 saturated carbocycles. The first-order chi connectivity index (χ1) is 15.0. The number of nitrogens with one attached hydrogen (secondary N) is 2. The lowest BCUT2D eigenvalue weighted by atomic mass is 9.99. The number of esters is 1. The van der Waals surface area contributed by atoms with Crippen LogP contribution in [0.25, 0.3) is 0 Å². The lowest BCUT2D eigenvalue weighted by molar-refractivity contribution is -0.152. The second-order valence-corrected chi connectivity index (χ2v) is 8.51. The number of rotatable bonds is 11. The number of thioether (sulfide) groups is 1. The highest BCUT2D eigenvalue weighted by Gasteiger charge is 2.54. The van der Waals surface area contributed by atoms with Gasteiger partial charge in [0.2, 0.25) is 6.61 Å². The lowest BCUT2D eigenvalue weighted by Gasteiger charge is -2.43. The number of nitrogens with two attached hydrogens (primary N) is 1. The van der Waals surface area contributed by atoms with Crippen molar-refractivity contribution in [3.63, 3.8) is 0 Å². The van der Waals surface area contributed by atoms with Crippen molar-refractivity contribution in [1.29, 1.82) is 0 Å². The number of carbonyl (C=O) groups excluding carboxylic acids is 3. The Balaban J connectivity index is 2.17. The van der Waals surface area contributed by atoms with Crippen LogP contribution in [0.1, 0.15) is 0 Å². The monoisotopic (exact) mass is 497 g/mol. The van der Waals surface area contributed by atoms with E-state index in [0.717, 1.165) is 18.9 Å². The number of ether oxygens (including phenoxy) is 2. The summed E-state index contributed by atoms with van der Waals surface area (Å²) in [6.07, 6.45) is 1.31. The van der Waals surface area contributed by atoms with Crippen molar-refractivity contribution < 1.29 is 51.6 Å². The maximum absolute atomic E-state index is 12.7. The fraction of sp³-hybridized carbons (Fsp3) is 0.500. The molecule has 1 fully saturated rings. The van der Waals surface area contributed by atoms with E-state index in [1.807, 2.05) is 0 Å². The highest BCUT2D eigenvalue weighted by Crippen LogP contribution is 2.27. The zero-order valence-electron chi connectivity index (χ0n) is 16.3. The molecule has 1 unspecified atom stereocenters. The summed E-state index contributed by atoms with van der Waals surface area (Å²) < 4.78 is 41.6. The highest BCUT2D eigenvalue weighted by molar-refractivity contribution is 8.04. The van der Waals surface area contributed by atoms with E-state index in [-0.39, 0.29) is 9.21 Å². The molecule has 1 saturated heterocycles. The van der Waals surface area contributed by atoms with Crippen LogP contribution in [0, 0.1) is 0 Å². The standard InChI is InChI=1S/C14H19N5O11S2/c1-28-9(22)5-29-3-6-10(13(24)19(6)32(25,26)27)17-12(23)11(18-30-4-8(20)21)7-2-16-14(15)31-7/h2,6,10,14,16H,3-5,15H2,1H3,(H,17,23)(H,20,21)(H,25,26,27)/b18-11-/t6-,10-,14?/m0/s1. The molecule has 3 atom stereocenters. The molecule has 0 bridgehead atoms. The predicted octanol–water partition coefficient (Wildman–Crippen LogP) is -3.45. The minimum Gasteiger partial charge on any atom is -0.479 e. The van der Waals surface area contributed by atoms with Crippen molar-refractivity contribution in [3.05, 3.63) is 11.1 Å².